The van der Waals surface area contributed by atoms with Crippen LogP contribution in [0.25, 0.3) is 0 Å². The van der Waals surface area contributed by atoms with Crippen molar-refractivity contribution < 1.29 is 9.47 Å². The van der Waals surface area contributed by atoms with Crippen LogP contribution in [-0.4, -0.2) is 31.1 Å². The third-order valence-corrected chi connectivity index (χ3v) is 3.80. The van der Waals surface area contributed by atoms with Gasteiger partial charge < -0.3 is 9.47 Å². The van der Waals surface area contributed by atoms with Gasteiger partial charge in [0.25, 0.3) is 0 Å². The van der Waals surface area contributed by atoms with Crippen molar-refractivity contribution in [1.82, 2.24) is 0 Å². The lowest BCUT2D eigenvalue weighted by Gasteiger charge is -2.12. The summed E-state index contributed by atoms with van der Waals surface area (Å²) in [7, 11) is 1.66. The minimum atomic E-state index is 0.685. The molecule has 1 aliphatic rings. The summed E-state index contributed by atoms with van der Waals surface area (Å²) < 4.78 is 11.0. The summed E-state index contributed by atoms with van der Waals surface area (Å²) in [5, 5.41) is 1.28. The molecule has 1 aromatic carbocycles. The van der Waals surface area contributed by atoms with E-state index in [1.165, 1.54) is 17.9 Å². The maximum Gasteiger partial charge on any atom is 0.161 e. The Morgan fingerprint density at radius 2 is 2.06 bits per heavy atom. The lowest BCUT2D eigenvalue weighted by atomic mass is 10.2. The Balaban J connectivity index is 1.73. The molecule has 2 rings (SSSR count). The van der Waals surface area contributed by atoms with E-state index in [-0.39, 0.29) is 0 Å². The van der Waals surface area contributed by atoms with E-state index in [4.69, 9.17) is 9.47 Å². The Morgan fingerprint density at radius 1 is 1.22 bits per heavy atom. The van der Waals surface area contributed by atoms with E-state index in [9.17, 15) is 0 Å². The predicted octanol–water partition coefficient (Wildman–Crippen LogP) is 3.39. The monoisotopic (exact) mass is 265 g/mol. The minimum absolute atomic E-state index is 0.685. The zero-order chi connectivity index (χ0) is 12.6. The Kier molecular flexibility index (Phi) is 5.39. The van der Waals surface area contributed by atoms with Crippen LogP contribution in [0.3, 0.4) is 0 Å². The second kappa shape index (κ2) is 7.31. The molecule has 0 fully saturated rings. The molecule has 0 atom stereocenters. The number of nitrogens with zero attached hydrogens (tertiary/aromatic N) is 1. The van der Waals surface area contributed by atoms with Crippen molar-refractivity contribution in [3.05, 3.63) is 24.3 Å². The van der Waals surface area contributed by atoms with Gasteiger partial charge in [0.1, 0.15) is 0 Å². The third kappa shape index (κ3) is 3.95. The van der Waals surface area contributed by atoms with Gasteiger partial charge in [-0.1, -0.05) is 12.1 Å². The Bertz CT molecular complexity index is 407. The number of ether oxygens (including phenoxy) is 2. The van der Waals surface area contributed by atoms with Crippen molar-refractivity contribution in [3.8, 4) is 11.5 Å². The van der Waals surface area contributed by atoms with Gasteiger partial charge in [-0.25, -0.2) is 0 Å². The molecule has 0 radical (unpaired) electrons. The van der Waals surface area contributed by atoms with Crippen molar-refractivity contribution in [2.75, 3.05) is 26.0 Å². The fourth-order valence-corrected chi connectivity index (χ4v) is 2.71. The molecule has 0 saturated carbocycles. The first kappa shape index (κ1) is 13.3. The molecule has 4 heteroatoms. The van der Waals surface area contributed by atoms with E-state index in [2.05, 4.69) is 4.99 Å². The lowest BCUT2D eigenvalue weighted by molar-refractivity contribution is 0.313. The first-order valence-corrected chi connectivity index (χ1v) is 7.30. The molecule has 3 nitrogen and oxygen atoms in total. The highest BCUT2D eigenvalue weighted by molar-refractivity contribution is 8.13. The van der Waals surface area contributed by atoms with E-state index in [1.54, 1.807) is 7.11 Å². The van der Waals surface area contributed by atoms with Gasteiger partial charge in [-0.2, -0.15) is 0 Å². The van der Waals surface area contributed by atoms with Gasteiger partial charge in [0.05, 0.1) is 18.8 Å². The van der Waals surface area contributed by atoms with E-state index in [0.29, 0.717) is 6.61 Å². The summed E-state index contributed by atoms with van der Waals surface area (Å²) >= 11 is 1.81. The van der Waals surface area contributed by atoms with Gasteiger partial charge >= 0.3 is 0 Å². The first-order valence-electron chi connectivity index (χ1n) is 6.32. The van der Waals surface area contributed by atoms with Crippen molar-refractivity contribution in [2.45, 2.75) is 19.3 Å². The van der Waals surface area contributed by atoms with Gasteiger partial charge in [0.15, 0.2) is 11.5 Å². The highest BCUT2D eigenvalue weighted by atomic mass is 32.2. The highest BCUT2D eigenvalue weighted by Gasteiger charge is 2.06. The summed E-state index contributed by atoms with van der Waals surface area (Å²) in [5.74, 6) is 2.54. The average molecular weight is 265 g/mol. The quantitative estimate of drug-likeness (QED) is 0.765. The van der Waals surface area contributed by atoms with Gasteiger partial charge in [-0.3, -0.25) is 4.99 Å². The Hall–Kier alpha value is -1.16. The topological polar surface area (TPSA) is 30.8 Å². The van der Waals surface area contributed by atoms with Crippen LogP contribution in [0.15, 0.2) is 29.3 Å². The second-order valence-corrected chi connectivity index (χ2v) is 5.25. The van der Waals surface area contributed by atoms with Crippen molar-refractivity contribution >= 4 is 16.8 Å². The molecular weight excluding hydrogens is 246 g/mol. The fraction of sp³-hybridized carbons (Fsp3) is 0.500. The number of benzene rings is 1. The maximum absolute atomic E-state index is 5.72. The van der Waals surface area contributed by atoms with Gasteiger partial charge in [0.2, 0.25) is 0 Å². The molecule has 0 saturated heterocycles. The number of methoxy groups -OCH3 is 1. The van der Waals surface area contributed by atoms with Crippen molar-refractivity contribution in [1.29, 1.82) is 0 Å². The Morgan fingerprint density at radius 3 is 2.78 bits per heavy atom. The van der Waals surface area contributed by atoms with E-state index < -0.39 is 0 Å². The molecule has 0 bridgehead atoms. The van der Waals surface area contributed by atoms with Gasteiger partial charge in [-0.15, -0.1) is 11.8 Å². The number of hydrogen-bond donors (Lipinski definition) is 0. The second-order valence-electron chi connectivity index (χ2n) is 4.08. The SMILES string of the molecule is COc1ccccc1OCCSC1=NCCCC1. The molecule has 1 aliphatic heterocycles. The lowest BCUT2D eigenvalue weighted by Crippen LogP contribution is -2.07. The molecule has 0 amide bonds. The van der Waals surface area contributed by atoms with Crippen LogP contribution in [0.2, 0.25) is 0 Å². The van der Waals surface area contributed by atoms with Crippen LogP contribution in [0.4, 0.5) is 0 Å². The number of aliphatic imine (C=N–C) groups is 1. The predicted molar refractivity (Wildman–Crippen MR) is 77.1 cm³/mol. The zero-order valence-electron chi connectivity index (χ0n) is 10.7. The molecule has 0 unspecified atom stereocenters. The van der Waals surface area contributed by atoms with Gasteiger partial charge in [0, 0.05) is 12.3 Å². The number of rotatable bonds is 5. The van der Waals surface area contributed by atoms with Gasteiger partial charge in [-0.05, 0) is 31.4 Å². The molecule has 1 aromatic rings. The molecule has 0 aliphatic carbocycles. The Labute approximate surface area is 113 Å². The molecular formula is C14H19NO2S. The van der Waals surface area contributed by atoms with Crippen LogP contribution in [0.1, 0.15) is 19.3 Å². The van der Waals surface area contributed by atoms with Crippen molar-refractivity contribution in [3.63, 3.8) is 0 Å². The van der Waals surface area contributed by atoms with Crippen LogP contribution >= 0.6 is 11.8 Å². The van der Waals surface area contributed by atoms with Crippen LogP contribution in [0.5, 0.6) is 11.5 Å². The first-order chi connectivity index (χ1) is 8.90. The largest absolute Gasteiger partial charge is 0.493 e. The molecule has 98 valence electrons. The number of thioether (sulfide) groups is 1. The minimum Gasteiger partial charge on any atom is -0.493 e. The third-order valence-electron chi connectivity index (χ3n) is 2.77. The molecule has 18 heavy (non-hydrogen) atoms. The smallest absolute Gasteiger partial charge is 0.161 e. The highest BCUT2D eigenvalue weighted by Crippen LogP contribution is 2.26. The van der Waals surface area contributed by atoms with Crippen molar-refractivity contribution in [2.24, 2.45) is 4.99 Å². The molecule has 0 spiro atoms. The summed E-state index contributed by atoms with van der Waals surface area (Å²) in [6.07, 6.45) is 3.65. The van der Waals surface area contributed by atoms with Crippen LogP contribution < -0.4 is 9.47 Å². The number of hydrogen-bond acceptors (Lipinski definition) is 4. The molecule has 0 aromatic heterocycles. The zero-order valence-corrected chi connectivity index (χ0v) is 11.5. The summed E-state index contributed by atoms with van der Waals surface area (Å²) in [6, 6.07) is 7.74. The molecule has 1 heterocycles. The fourth-order valence-electron chi connectivity index (χ4n) is 1.84. The average Bonchev–Trinajstić information content (AvgIpc) is 2.45. The number of para-hydroxylation sites is 2. The summed E-state index contributed by atoms with van der Waals surface area (Å²) in [4.78, 5) is 4.51. The normalized spacial score (nSPS) is 15.1. The van der Waals surface area contributed by atoms with Crippen LogP contribution in [0, 0.1) is 0 Å². The standard InChI is InChI=1S/C14H19NO2S/c1-16-12-6-2-3-7-13(12)17-10-11-18-14-8-4-5-9-15-14/h2-3,6-7H,4-5,8-11H2,1H3. The summed E-state index contributed by atoms with van der Waals surface area (Å²) in [5.41, 5.74) is 0. The van der Waals surface area contributed by atoms with E-state index in [0.717, 1.165) is 30.2 Å². The maximum atomic E-state index is 5.72. The van der Waals surface area contributed by atoms with Crippen LogP contribution in [-0.2, 0) is 0 Å². The molecule has 0 N–H and O–H groups in total. The van der Waals surface area contributed by atoms with E-state index >= 15 is 0 Å². The van der Waals surface area contributed by atoms with E-state index in [1.807, 2.05) is 36.0 Å². The summed E-state index contributed by atoms with van der Waals surface area (Å²) in [6.45, 7) is 1.68.